The Labute approximate surface area is 202 Å². The van der Waals surface area contributed by atoms with Gasteiger partial charge >= 0.3 is 11.6 Å². The van der Waals surface area contributed by atoms with Crippen molar-refractivity contribution in [2.75, 3.05) is 18.0 Å². The Kier molecular flexibility index (Phi) is 7.64. The lowest BCUT2D eigenvalue weighted by atomic mass is 9.92. The van der Waals surface area contributed by atoms with Gasteiger partial charge in [0.2, 0.25) is 5.82 Å². The summed E-state index contributed by atoms with van der Waals surface area (Å²) in [6, 6.07) is 12.1. The molecule has 35 heavy (non-hydrogen) atoms. The Balaban J connectivity index is 1.47. The topological polar surface area (TPSA) is 98.5 Å². The van der Waals surface area contributed by atoms with Gasteiger partial charge in [-0.1, -0.05) is 31.9 Å². The van der Waals surface area contributed by atoms with Crippen LogP contribution in [0.4, 0.5) is 15.9 Å². The number of nitrogens with zero attached hydrogens (tertiary/aromatic N) is 4. The number of ether oxygens (including phenoxy) is 1. The lowest BCUT2D eigenvalue weighted by Gasteiger charge is -2.32. The summed E-state index contributed by atoms with van der Waals surface area (Å²) in [5.74, 6) is 0.615. The molecule has 0 radical (unpaired) electrons. The molecule has 0 atom stereocenters. The number of rotatable bonds is 9. The van der Waals surface area contributed by atoms with Crippen LogP contribution in [0.25, 0.3) is 0 Å². The number of aromatic nitrogens is 2. The first-order valence-electron chi connectivity index (χ1n) is 11.7. The molecule has 8 nitrogen and oxygen atoms in total. The number of hydrogen-bond donors (Lipinski definition) is 0. The number of ketones is 1. The minimum absolute atomic E-state index is 0.120. The van der Waals surface area contributed by atoms with E-state index in [-0.39, 0.29) is 29.6 Å². The highest BCUT2D eigenvalue weighted by atomic mass is 19.1. The van der Waals surface area contributed by atoms with Crippen LogP contribution in [-0.4, -0.2) is 33.8 Å². The van der Waals surface area contributed by atoms with Crippen LogP contribution in [0, 0.1) is 21.8 Å². The summed E-state index contributed by atoms with van der Waals surface area (Å²) in [6.45, 7) is 3.58. The van der Waals surface area contributed by atoms with Gasteiger partial charge in [0.15, 0.2) is 5.78 Å². The van der Waals surface area contributed by atoms with E-state index in [0.29, 0.717) is 30.3 Å². The van der Waals surface area contributed by atoms with E-state index in [4.69, 9.17) is 4.74 Å². The Hall–Kier alpha value is -3.88. The normalized spacial score (nSPS) is 14.1. The van der Waals surface area contributed by atoms with Crippen molar-refractivity contribution in [3.63, 3.8) is 0 Å². The van der Waals surface area contributed by atoms with Crippen LogP contribution in [0.15, 0.2) is 54.9 Å². The predicted molar refractivity (Wildman–Crippen MR) is 129 cm³/mol. The number of hydrogen-bond acceptors (Lipinski definition) is 7. The SMILES string of the molecule is CCCC1CCN(c2ncnc(Oc3ccc(CC(=O)c4ccc(F)cc4)cc3)c2[N+](=O)[O-])CC1. The van der Waals surface area contributed by atoms with Gasteiger partial charge in [0.1, 0.15) is 17.9 Å². The largest absolute Gasteiger partial charge is 0.434 e. The molecule has 1 aliphatic rings. The van der Waals surface area contributed by atoms with E-state index in [0.717, 1.165) is 24.8 Å². The molecular weight excluding hydrogens is 451 g/mol. The van der Waals surface area contributed by atoms with E-state index in [2.05, 4.69) is 16.9 Å². The molecule has 0 spiro atoms. The second-order valence-corrected chi connectivity index (χ2v) is 8.68. The van der Waals surface area contributed by atoms with Crippen molar-refractivity contribution in [1.82, 2.24) is 9.97 Å². The fourth-order valence-corrected chi connectivity index (χ4v) is 4.37. The molecule has 9 heteroatoms. The third-order valence-electron chi connectivity index (χ3n) is 6.23. The molecule has 2 heterocycles. The number of benzene rings is 2. The molecular formula is C26H27FN4O4. The van der Waals surface area contributed by atoms with Gasteiger partial charge in [0.25, 0.3) is 0 Å². The lowest BCUT2D eigenvalue weighted by Crippen LogP contribution is -2.34. The number of piperidine rings is 1. The van der Waals surface area contributed by atoms with Crippen molar-refractivity contribution in [3.05, 3.63) is 81.9 Å². The smallest absolute Gasteiger partial charge is 0.373 e. The molecule has 0 N–H and O–H groups in total. The van der Waals surface area contributed by atoms with E-state index in [1.165, 1.54) is 37.0 Å². The van der Waals surface area contributed by atoms with Crippen LogP contribution in [0.2, 0.25) is 0 Å². The molecule has 1 aromatic heterocycles. The molecule has 182 valence electrons. The minimum Gasteiger partial charge on any atom is -0.434 e. The number of nitro groups is 1. The maximum atomic E-state index is 13.1. The van der Waals surface area contributed by atoms with Crippen LogP contribution < -0.4 is 9.64 Å². The van der Waals surface area contributed by atoms with Gasteiger partial charge < -0.3 is 9.64 Å². The second kappa shape index (κ2) is 11.0. The fraction of sp³-hybridized carbons (Fsp3) is 0.346. The average molecular weight is 479 g/mol. The molecule has 0 unspecified atom stereocenters. The molecule has 1 saturated heterocycles. The highest BCUT2D eigenvalue weighted by Crippen LogP contribution is 2.37. The van der Waals surface area contributed by atoms with E-state index in [1.807, 2.05) is 4.90 Å². The van der Waals surface area contributed by atoms with Gasteiger partial charge in [-0.05, 0) is 60.7 Å². The highest BCUT2D eigenvalue weighted by molar-refractivity contribution is 5.97. The first-order chi connectivity index (χ1) is 16.9. The van der Waals surface area contributed by atoms with E-state index in [1.54, 1.807) is 24.3 Å². The molecule has 4 rings (SSSR count). The fourth-order valence-electron chi connectivity index (χ4n) is 4.37. The molecule has 1 fully saturated rings. The zero-order chi connectivity index (χ0) is 24.8. The summed E-state index contributed by atoms with van der Waals surface area (Å²) in [7, 11) is 0. The third kappa shape index (κ3) is 5.98. The number of halogens is 1. The van der Waals surface area contributed by atoms with Crippen molar-refractivity contribution < 1.29 is 18.8 Å². The van der Waals surface area contributed by atoms with Crippen LogP contribution in [0.1, 0.15) is 48.5 Å². The van der Waals surface area contributed by atoms with Crippen LogP contribution >= 0.6 is 0 Å². The van der Waals surface area contributed by atoms with Crippen molar-refractivity contribution in [2.45, 2.75) is 39.0 Å². The number of carbonyl (C=O) groups is 1. The predicted octanol–water partition coefficient (Wildman–Crippen LogP) is 5.76. The van der Waals surface area contributed by atoms with Crippen molar-refractivity contribution in [1.29, 1.82) is 0 Å². The molecule has 3 aromatic rings. The van der Waals surface area contributed by atoms with E-state index < -0.39 is 10.7 Å². The Morgan fingerprint density at radius 3 is 2.43 bits per heavy atom. The molecule has 0 saturated carbocycles. The monoisotopic (exact) mass is 478 g/mol. The highest BCUT2D eigenvalue weighted by Gasteiger charge is 2.31. The summed E-state index contributed by atoms with van der Waals surface area (Å²) in [4.78, 5) is 34.0. The maximum Gasteiger partial charge on any atom is 0.373 e. The van der Waals surface area contributed by atoms with Crippen LogP contribution in [0.3, 0.4) is 0 Å². The minimum atomic E-state index is -0.501. The molecule has 0 bridgehead atoms. The average Bonchev–Trinajstić information content (AvgIpc) is 2.86. The van der Waals surface area contributed by atoms with Crippen LogP contribution in [0.5, 0.6) is 11.6 Å². The zero-order valence-corrected chi connectivity index (χ0v) is 19.5. The Morgan fingerprint density at radius 2 is 1.80 bits per heavy atom. The van der Waals surface area contributed by atoms with Gasteiger partial charge in [-0.2, -0.15) is 4.98 Å². The van der Waals surface area contributed by atoms with Gasteiger partial charge in [-0.15, -0.1) is 0 Å². The summed E-state index contributed by atoms with van der Waals surface area (Å²) in [5.41, 5.74) is 0.908. The van der Waals surface area contributed by atoms with Gasteiger partial charge in [-0.3, -0.25) is 14.9 Å². The standard InChI is InChI=1S/C26H27FN4O4/c1-2-3-18-12-14-30(15-13-18)25-24(31(33)34)26(29-17-28-25)35-22-10-4-19(5-11-22)16-23(32)20-6-8-21(27)9-7-20/h4-11,17-18H,2-3,12-16H2,1H3. The van der Waals surface area contributed by atoms with Crippen molar-refractivity contribution in [2.24, 2.45) is 5.92 Å². The third-order valence-corrected chi connectivity index (χ3v) is 6.23. The first kappa shape index (κ1) is 24.3. The number of Topliss-reactive ketones (excluding diaryl/α,β-unsaturated/α-hetero) is 1. The van der Waals surface area contributed by atoms with E-state index >= 15 is 0 Å². The van der Waals surface area contributed by atoms with Gasteiger partial charge in [-0.25, -0.2) is 9.37 Å². The second-order valence-electron chi connectivity index (χ2n) is 8.68. The summed E-state index contributed by atoms with van der Waals surface area (Å²) < 4.78 is 18.8. The Bertz CT molecular complexity index is 1180. The van der Waals surface area contributed by atoms with E-state index in [9.17, 15) is 19.3 Å². The zero-order valence-electron chi connectivity index (χ0n) is 19.5. The number of anilines is 1. The Morgan fingerprint density at radius 1 is 1.11 bits per heavy atom. The maximum absolute atomic E-state index is 13.1. The molecule has 0 amide bonds. The summed E-state index contributed by atoms with van der Waals surface area (Å²) in [6.07, 6.45) is 5.67. The van der Waals surface area contributed by atoms with Crippen molar-refractivity contribution in [3.8, 4) is 11.6 Å². The van der Waals surface area contributed by atoms with Crippen LogP contribution in [-0.2, 0) is 6.42 Å². The first-order valence-corrected chi connectivity index (χ1v) is 11.7. The van der Waals surface area contributed by atoms with Crippen molar-refractivity contribution >= 4 is 17.3 Å². The summed E-state index contributed by atoms with van der Waals surface area (Å²) >= 11 is 0. The lowest BCUT2D eigenvalue weighted by molar-refractivity contribution is -0.385. The summed E-state index contributed by atoms with van der Waals surface area (Å²) in [5, 5.41) is 11.9. The van der Waals surface area contributed by atoms with Gasteiger partial charge in [0.05, 0.1) is 4.92 Å². The number of carbonyl (C=O) groups excluding carboxylic acids is 1. The van der Waals surface area contributed by atoms with Gasteiger partial charge in [0, 0.05) is 25.1 Å². The molecule has 0 aliphatic carbocycles. The quantitative estimate of drug-likeness (QED) is 0.219. The molecule has 1 aliphatic heterocycles. The molecule has 2 aromatic carbocycles.